The van der Waals surface area contributed by atoms with Crippen LogP contribution in [0.2, 0.25) is 0 Å². The maximum Gasteiger partial charge on any atom is 0.340 e. The number of phenols is 1. The fourth-order valence-corrected chi connectivity index (χ4v) is 4.24. The van der Waals surface area contributed by atoms with E-state index in [2.05, 4.69) is 13.8 Å². The molecular weight excluding hydrogens is 354 g/mol. The summed E-state index contributed by atoms with van der Waals surface area (Å²) in [4.78, 5) is 12.4. The molecule has 0 amide bonds. The predicted molar refractivity (Wildman–Crippen MR) is 107 cm³/mol. The van der Waals surface area contributed by atoms with Crippen molar-refractivity contribution in [2.45, 2.75) is 44.3 Å². The number of aromatic hydroxyl groups is 1. The van der Waals surface area contributed by atoms with Crippen LogP contribution in [0.1, 0.15) is 54.2 Å². The Bertz CT molecular complexity index is 1020. The maximum atomic E-state index is 12.4. The van der Waals surface area contributed by atoms with Crippen LogP contribution in [0.25, 0.3) is 5.52 Å². The van der Waals surface area contributed by atoms with Gasteiger partial charge in [0.15, 0.2) is 0 Å². The highest BCUT2D eigenvalue weighted by atomic mass is 16.5. The van der Waals surface area contributed by atoms with E-state index in [0.717, 1.165) is 29.6 Å². The average molecular weight is 379 g/mol. The molecule has 1 aliphatic heterocycles. The number of para-hydroxylation sites is 1. The van der Waals surface area contributed by atoms with Gasteiger partial charge in [0.1, 0.15) is 5.75 Å². The van der Waals surface area contributed by atoms with E-state index in [1.54, 1.807) is 6.07 Å². The highest BCUT2D eigenvalue weighted by Crippen LogP contribution is 2.43. The van der Waals surface area contributed by atoms with Gasteiger partial charge in [0.05, 0.1) is 35.8 Å². The van der Waals surface area contributed by atoms with Gasteiger partial charge in [-0.15, -0.1) is 0 Å². The lowest BCUT2D eigenvalue weighted by Crippen LogP contribution is -2.26. The minimum absolute atomic E-state index is 0.105. The second-order valence-electron chi connectivity index (χ2n) is 7.92. The first-order valence-corrected chi connectivity index (χ1v) is 9.55. The van der Waals surface area contributed by atoms with E-state index < -0.39 is 0 Å². The topological polar surface area (TPSA) is 60.2 Å². The van der Waals surface area contributed by atoms with Crippen LogP contribution in [-0.4, -0.2) is 34.3 Å². The molecule has 2 unspecified atom stereocenters. The van der Waals surface area contributed by atoms with Crippen LogP contribution in [0, 0.1) is 0 Å². The van der Waals surface area contributed by atoms with E-state index in [4.69, 9.17) is 9.47 Å². The van der Waals surface area contributed by atoms with Gasteiger partial charge in [0.25, 0.3) is 0 Å². The van der Waals surface area contributed by atoms with Crippen molar-refractivity contribution in [1.29, 1.82) is 0 Å². The standard InChI is InChI=1S/C23H25NO4/c1-23(2)12-11-20(28-23)21(15-8-4-5-10-19(15)25)18-14-16(22(26)27-3)17-9-6-7-13-24(17)18/h4-10,13-14,20-21,25H,11-12H2,1-3H3. The van der Waals surface area contributed by atoms with Crippen LogP contribution in [0.15, 0.2) is 54.7 Å². The SMILES string of the molecule is COC(=O)c1cc(C(c2ccccc2O)C2CCC(C)(C)O2)n2ccccc12. The Labute approximate surface area is 164 Å². The Hall–Kier alpha value is -2.79. The molecule has 28 heavy (non-hydrogen) atoms. The van der Waals surface area contributed by atoms with Gasteiger partial charge in [0, 0.05) is 17.5 Å². The fourth-order valence-electron chi connectivity index (χ4n) is 4.24. The molecule has 1 N–H and O–H groups in total. The maximum absolute atomic E-state index is 12.4. The minimum atomic E-state index is -0.376. The molecule has 4 rings (SSSR count). The van der Waals surface area contributed by atoms with Crippen molar-refractivity contribution in [3.05, 3.63) is 71.5 Å². The average Bonchev–Trinajstić information content (AvgIpc) is 3.24. The molecule has 0 aliphatic carbocycles. The van der Waals surface area contributed by atoms with Crippen LogP contribution in [0.5, 0.6) is 5.75 Å². The van der Waals surface area contributed by atoms with Crippen molar-refractivity contribution < 1.29 is 19.4 Å². The number of carbonyl (C=O) groups is 1. The largest absolute Gasteiger partial charge is 0.508 e. The second kappa shape index (κ2) is 6.99. The quantitative estimate of drug-likeness (QED) is 0.677. The van der Waals surface area contributed by atoms with Gasteiger partial charge in [0.2, 0.25) is 0 Å². The Morgan fingerprint density at radius 1 is 1.25 bits per heavy atom. The lowest BCUT2D eigenvalue weighted by atomic mass is 9.87. The van der Waals surface area contributed by atoms with E-state index in [1.165, 1.54) is 7.11 Å². The van der Waals surface area contributed by atoms with Crippen molar-refractivity contribution in [3.8, 4) is 5.75 Å². The summed E-state index contributed by atoms with van der Waals surface area (Å²) in [5.41, 5.74) is 2.77. The normalized spacial score (nSPS) is 19.6. The second-order valence-corrected chi connectivity index (χ2v) is 7.92. The van der Waals surface area contributed by atoms with Gasteiger partial charge < -0.3 is 19.0 Å². The first-order valence-electron chi connectivity index (χ1n) is 9.55. The van der Waals surface area contributed by atoms with E-state index in [9.17, 15) is 9.90 Å². The zero-order valence-corrected chi connectivity index (χ0v) is 16.4. The summed E-state index contributed by atoms with van der Waals surface area (Å²) < 4.78 is 13.4. The predicted octanol–water partition coefficient (Wildman–Crippen LogP) is 4.52. The summed E-state index contributed by atoms with van der Waals surface area (Å²) >= 11 is 0. The number of esters is 1. The van der Waals surface area contributed by atoms with Crippen LogP contribution in [0.3, 0.4) is 0 Å². The molecule has 0 bridgehead atoms. The van der Waals surface area contributed by atoms with E-state index >= 15 is 0 Å². The number of nitrogens with zero attached hydrogens (tertiary/aromatic N) is 1. The third-order valence-corrected chi connectivity index (χ3v) is 5.58. The summed E-state index contributed by atoms with van der Waals surface area (Å²) in [6.07, 6.45) is 3.64. The van der Waals surface area contributed by atoms with E-state index in [-0.39, 0.29) is 29.3 Å². The molecule has 1 aliphatic rings. The van der Waals surface area contributed by atoms with Crippen molar-refractivity contribution in [2.24, 2.45) is 0 Å². The molecule has 3 heterocycles. The first-order chi connectivity index (χ1) is 13.4. The summed E-state index contributed by atoms with van der Waals surface area (Å²) in [6, 6.07) is 14.9. The summed E-state index contributed by atoms with van der Waals surface area (Å²) in [7, 11) is 1.39. The number of fused-ring (bicyclic) bond motifs is 1. The third-order valence-electron chi connectivity index (χ3n) is 5.58. The molecule has 0 spiro atoms. The number of rotatable bonds is 4. The van der Waals surface area contributed by atoms with Crippen molar-refractivity contribution in [2.75, 3.05) is 7.11 Å². The Morgan fingerprint density at radius 3 is 2.68 bits per heavy atom. The molecule has 0 radical (unpaired) electrons. The van der Waals surface area contributed by atoms with Gasteiger partial charge in [-0.3, -0.25) is 0 Å². The molecule has 2 atom stereocenters. The van der Waals surface area contributed by atoms with E-state index in [1.807, 2.05) is 53.1 Å². The molecule has 1 saturated heterocycles. The minimum Gasteiger partial charge on any atom is -0.508 e. The molecular formula is C23H25NO4. The lowest BCUT2D eigenvalue weighted by molar-refractivity contribution is -0.0223. The van der Waals surface area contributed by atoms with Gasteiger partial charge in [-0.2, -0.15) is 0 Å². The van der Waals surface area contributed by atoms with Crippen LogP contribution in [-0.2, 0) is 9.47 Å². The fraction of sp³-hybridized carbons (Fsp3) is 0.348. The van der Waals surface area contributed by atoms with Gasteiger partial charge in [-0.25, -0.2) is 4.79 Å². The molecule has 146 valence electrons. The smallest absolute Gasteiger partial charge is 0.340 e. The van der Waals surface area contributed by atoms with Crippen LogP contribution in [0.4, 0.5) is 0 Å². The number of methoxy groups -OCH3 is 1. The number of carbonyl (C=O) groups excluding carboxylic acids is 1. The Kier molecular flexibility index (Phi) is 4.63. The summed E-state index contributed by atoms with van der Waals surface area (Å²) in [5, 5.41) is 10.6. The number of benzene rings is 1. The molecule has 3 aromatic rings. The zero-order chi connectivity index (χ0) is 19.9. The Balaban J connectivity index is 1.93. The Morgan fingerprint density at radius 2 is 2.00 bits per heavy atom. The highest BCUT2D eigenvalue weighted by Gasteiger charge is 2.40. The number of ether oxygens (including phenoxy) is 2. The van der Waals surface area contributed by atoms with Crippen LogP contribution < -0.4 is 0 Å². The summed E-state index contributed by atoms with van der Waals surface area (Å²) in [6.45, 7) is 4.18. The number of aromatic nitrogens is 1. The monoisotopic (exact) mass is 379 g/mol. The molecule has 5 nitrogen and oxygen atoms in total. The molecule has 1 aromatic carbocycles. The van der Waals surface area contributed by atoms with Crippen molar-refractivity contribution in [3.63, 3.8) is 0 Å². The molecule has 2 aromatic heterocycles. The molecule has 1 fully saturated rings. The van der Waals surface area contributed by atoms with E-state index in [0.29, 0.717) is 5.56 Å². The number of pyridine rings is 1. The molecule has 5 heteroatoms. The van der Waals surface area contributed by atoms with Gasteiger partial charge in [-0.1, -0.05) is 24.3 Å². The number of phenolic OH excluding ortho intramolecular Hbond substituents is 1. The number of hydrogen-bond acceptors (Lipinski definition) is 4. The molecule has 0 saturated carbocycles. The lowest BCUT2D eigenvalue weighted by Gasteiger charge is -2.27. The summed E-state index contributed by atoms with van der Waals surface area (Å²) in [5.74, 6) is -0.360. The zero-order valence-electron chi connectivity index (χ0n) is 16.4. The number of hydrogen-bond donors (Lipinski definition) is 1. The van der Waals surface area contributed by atoms with Gasteiger partial charge in [-0.05, 0) is 51.0 Å². The van der Waals surface area contributed by atoms with Crippen molar-refractivity contribution >= 4 is 11.5 Å². The third kappa shape index (κ3) is 3.16. The highest BCUT2D eigenvalue weighted by molar-refractivity contribution is 5.97. The van der Waals surface area contributed by atoms with Crippen LogP contribution >= 0.6 is 0 Å². The first kappa shape index (κ1) is 18.6. The van der Waals surface area contributed by atoms with Gasteiger partial charge >= 0.3 is 5.97 Å². The van der Waals surface area contributed by atoms with Crippen molar-refractivity contribution in [1.82, 2.24) is 4.40 Å².